The van der Waals surface area contributed by atoms with Crippen LogP contribution in [0.15, 0.2) is 221 Å². The van der Waals surface area contributed by atoms with Crippen LogP contribution < -0.4 is 10.6 Å². The molecule has 2 N–H and O–H groups in total. The minimum absolute atomic E-state index is 0.506. The number of para-hydroxylation sites is 1. The van der Waals surface area contributed by atoms with Gasteiger partial charge in [0.2, 0.25) is 0 Å². The first kappa shape index (κ1) is 43.4. The predicted octanol–water partition coefficient (Wildman–Crippen LogP) is 14.2. The van der Waals surface area contributed by atoms with Crippen LogP contribution in [0.25, 0.3) is 28.7 Å². The SMILES string of the molecule is C=C1/C=C\C=C/Cc2ccc3c(c4c(n3-c3ccccc3)C=C=CC=C4)c2N1C1=CC=C(C)CC=C1.CC.CC/C(C)=C/N=C(N=C(N)C1=CC=CC=CC1)c1ccccc1. The molecule has 0 radical (unpaired) electrons. The Kier molecular flexibility index (Phi) is 15.4. The molecule has 8 rings (SSSR count). The molecular weight excluding hydrogens is 743 g/mol. The second kappa shape index (κ2) is 21.7. The monoisotopic (exact) mass is 799 g/mol. The second-order valence-electron chi connectivity index (χ2n) is 14.7. The van der Waals surface area contributed by atoms with Crippen molar-refractivity contribution in [3.63, 3.8) is 0 Å². The average Bonchev–Trinajstić information content (AvgIpc) is 3.62. The summed E-state index contributed by atoms with van der Waals surface area (Å²) in [7, 11) is 0. The molecule has 0 fully saturated rings. The molecule has 4 aliphatic rings. The Bertz CT molecular complexity index is 2670. The van der Waals surface area contributed by atoms with Crippen LogP contribution in [0.5, 0.6) is 0 Å². The number of allylic oxidation sites excluding steroid dienone is 17. The lowest BCUT2D eigenvalue weighted by Crippen LogP contribution is -2.21. The lowest BCUT2D eigenvalue weighted by Gasteiger charge is -2.29. The molecule has 5 nitrogen and oxygen atoms in total. The number of aromatic nitrogens is 1. The van der Waals surface area contributed by atoms with Crippen molar-refractivity contribution < 1.29 is 0 Å². The molecule has 0 amide bonds. The minimum atomic E-state index is 0.506. The number of benzene rings is 3. The van der Waals surface area contributed by atoms with Gasteiger partial charge in [-0.3, -0.25) is 0 Å². The van der Waals surface area contributed by atoms with Gasteiger partial charge in [-0.05, 0) is 93.2 Å². The van der Waals surface area contributed by atoms with Crippen molar-refractivity contribution >= 4 is 40.4 Å². The third-order valence-electron chi connectivity index (χ3n) is 10.4. The topological polar surface area (TPSA) is 58.9 Å². The fraction of sp³-hybridized carbons (Fsp3) is 0.161. The standard InChI is InChI=1S/C34H28N2.C20H23N3.C2H6/c1-25-13-12-18-29(23-21-25)35-26(2)14-6-3-7-15-27-22-24-32-33(34(27)35)30-19-10-5-11-20-31(30)36(32)28-16-8-4-9-17-28;1-3-16(2)15-22-20(18-13-9-6-10-14-18)23-19(21)17-11-7-4-5-8-12-17;1-2/h3-10,12,14,16-24H,2,13,15H2,1H3;4-11,13-15H,3,12H2,1-2H3,(H2,21,22,23);1-2H3/b7-3-,14-6-;16-15+;. The molecule has 5 heteroatoms. The maximum Gasteiger partial charge on any atom is 0.161 e. The number of nitrogens with zero attached hydrogens (tertiary/aromatic N) is 4. The zero-order valence-electron chi connectivity index (χ0n) is 36.2. The lowest BCUT2D eigenvalue weighted by atomic mass is 9.99. The molecule has 0 bridgehead atoms. The van der Waals surface area contributed by atoms with Gasteiger partial charge < -0.3 is 15.2 Å². The predicted molar refractivity (Wildman–Crippen MR) is 265 cm³/mol. The Morgan fingerprint density at radius 1 is 0.803 bits per heavy atom. The van der Waals surface area contributed by atoms with Gasteiger partial charge in [0.25, 0.3) is 0 Å². The molecule has 1 aromatic heterocycles. The molecule has 0 saturated carbocycles. The van der Waals surface area contributed by atoms with Crippen molar-refractivity contribution in [2.45, 2.75) is 60.3 Å². The fourth-order valence-electron chi connectivity index (χ4n) is 7.16. The van der Waals surface area contributed by atoms with E-state index in [2.05, 4.69) is 168 Å². The zero-order valence-corrected chi connectivity index (χ0v) is 36.2. The maximum absolute atomic E-state index is 6.21. The fourth-order valence-corrected chi connectivity index (χ4v) is 7.16. The highest BCUT2D eigenvalue weighted by Gasteiger charge is 2.26. The van der Waals surface area contributed by atoms with E-state index in [-0.39, 0.29) is 0 Å². The van der Waals surface area contributed by atoms with E-state index < -0.39 is 0 Å². The molecule has 1 aliphatic heterocycles. The smallest absolute Gasteiger partial charge is 0.161 e. The second-order valence-corrected chi connectivity index (χ2v) is 14.7. The number of rotatable bonds is 6. The van der Waals surface area contributed by atoms with Gasteiger partial charge in [-0.15, -0.1) is 5.73 Å². The van der Waals surface area contributed by atoms with Crippen molar-refractivity contribution in [2.24, 2.45) is 15.7 Å². The third-order valence-corrected chi connectivity index (χ3v) is 10.4. The summed E-state index contributed by atoms with van der Waals surface area (Å²) in [6, 6.07) is 25.0. The van der Waals surface area contributed by atoms with Crippen molar-refractivity contribution in [3.05, 3.63) is 233 Å². The molecule has 0 saturated heterocycles. The normalized spacial score (nSPS) is 17.1. The Hall–Kier alpha value is -7.20. The first-order valence-corrected chi connectivity index (χ1v) is 21.3. The summed E-state index contributed by atoms with van der Waals surface area (Å²) in [5.74, 6) is 1.14. The highest BCUT2D eigenvalue weighted by Crippen LogP contribution is 2.43. The summed E-state index contributed by atoms with van der Waals surface area (Å²) in [5, 5.41) is 1.22. The van der Waals surface area contributed by atoms with E-state index in [1.54, 1.807) is 0 Å². The Morgan fingerprint density at radius 3 is 2.34 bits per heavy atom. The van der Waals surface area contributed by atoms with Crippen molar-refractivity contribution in [1.82, 2.24) is 4.57 Å². The Labute approximate surface area is 363 Å². The van der Waals surface area contributed by atoms with Crippen molar-refractivity contribution in [2.75, 3.05) is 4.90 Å². The van der Waals surface area contributed by atoms with Crippen LogP contribution in [0, 0.1) is 0 Å². The quantitative estimate of drug-likeness (QED) is 0.120. The molecule has 0 atom stereocenters. The molecule has 3 aliphatic carbocycles. The zero-order chi connectivity index (χ0) is 43.0. The van der Waals surface area contributed by atoms with E-state index >= 15 is 0 Å². The van der Waals surface area contributed by atoms with Gasteiger partial charge in [0.15, 0.2) is 5.84 Å². The Morgan fingerprint density at radius 2 is 1.56 bits per heavy atom. The van der Waals surface area contributed by atoms with Crippen molar-refractivity contribution in [1.29, 1.82) is 0 Å². The molecule has 0 spiro atoms. The first-order valence-electron chi connectivity index (χ1n) is 21.3. The van der Waals surface area contributed by atoms with Crippen molar-refractivity contribution in [3.8, 4) is 5.69 Å². The van der Waals surface area contributed by atoms with Crippen LogP contribution in [0.1, 0.15) is 76.3 Å². The number of aliphatic imine (C=N–C) groups is 2. The summed E-state index contributed by atoms with van der Waals surface area (Å²) >= 11 is 0. The van der Waals surface area contributed by atoms with Gasteiger partial charge in [0.05, 0.1) is 16.9 Å². The number of hydrogen-bond acceptors (Lipinski definition) is 2. The van der Waals surface area contributed by atoms with Crippen LogP contribution in [-0.4, -0.2) is 16.2 Å². The first-order chi connectivity index (χ1) is 29.9. The summed E-state index contributed by atoms with van der Waals surface area (Å²) in [4.78, 5) is 11.5. The van der Waals surface area contributed by atoms with E-state index in [4.69, 9.17) is 5.73 Å². The van der Waals surface area contributed by atoms with E-state index in [0.717, 1.165) is 59.6 Å². The molecular formula is C56H57N5. The van der Waals surface area contributed by atoms with E-state index in [1.165, 1.54) is 38.9 Å². The molecule has 3 aromatic carbocycles. The highest BCUT2D eigenvalue weighted by atomic mass is 15.2. The van der Waals surface area contributed by atoms with Gasteiger partial charge in [-0.25, -0.2) is 9.98 Å². The summed E-state index contributed by atoms with van der Waals surface area (Å²) in [5.41, 5.74) is 23.2. The molecule has 2 heterocycles. The summed E-state index contributed by atoms with van der Waals surface area (Å²) in [6.45, 7) is 14.9. The van der Waals surface area contributed by atoms with Gasteiger partial charge in [-0.1, -0.05) is 166 Å². The van der Waals surface area contributed by atoms with Crippen LogP contribution >= 0.6 is 0 Å². The largest absolute Gasteiger partial charge is 0.383 e. The van der Waals surface area contributed by atoms with Gasteiger partial charge >= 0.3 is 0 Å². The van der Waals surface area contributed by atoms with Gasteiger partial charge in [0, 0.05) is 45.9 Å². The summed E-state index contributed by atoms with van der Waals surface area (Å²) < 4.78 is 2.35. The van der Waals surface area contributed by atoms with Gasteiger partial charge in [0.1, 0.15) is 5.84 Å². The van der Waals surface area contributed by atoms with Crippen LogP contribution in [0.3, 0.4) is 0 Å². The number of hydrogen-bond donors (Lipinski definition) is 1. The van der Waals surface area contributed by atoms with Crippen LogP contribution in [-0.2, 0) is 6.42 Å². The third kappa shape index (κ3) is 10.7. The van der Waals surface area contributed by atoms with E-state index in [1.807, 2.05) is 80.8 Å². The molecule has 0 unspecified atom stereocenters. The van der Waals surface area contributed by atoms with Crippen LogP contribution in [0.2, 0.25) is 0 Å². The maximum atomic E-state index is 6.21. The highest BCUT2D eigenvalue weighted by molar-refractivity contribution is 6.11. The molecule has 4 aromatic rings. The van der Waals surface area contributed by atoms with Gasteiger partial charge in [-0.2, -0.15) is 0 Å². The number of amidine groups is 2. The van der Waals surface area contributed by atoms with E-state index in [0.29, 0.717) is 11.7 Å². The number of fused-ring (bicyclic) bond motifs is 5. The van der Waals surface area contributed by atoms with Crippen LogP contribution in [0.4, 0.5) is 5.69 Å². The number of anilines is 1. The lowest BCUT2D eigenvalue weighted by molar-refractivity contribution is 1.09. The minimum Gasteiger partial charge on any atom is -0.383 e. The number of nitrogens with two attached hydrogens (primary N) is 1. The molecule has 306 valence electrons. The average molecular weight is 800 g/mol. The summed E-state index contributed by atoms with van der Waals surface area (Å²) in [6.07, 6.45) is 41.2. The van der Waals surface area contributed by atoms with E-state index in [9.17, 15) is 0 Å². The molecule has 61 heavy (non-hydrogen) atoms. The Balaban J connectivity index is 0.000000216.